The first kappa shape index (κ1) is 18.9. The van der Waals surface area contributed by atoms with E-state index in [2.05, 4.69) is 20.2 Å². The van der Waals surface area contributed by atoms with Crippen LogP contribution in [0.2, 0.25) is 5.02 Å². The second-order valence-corrected chi connectivity index (χ2v) is 8.11. The van der Waals surface area contributed by atoms with E-state index in [4.69, 9.17) is 11.6 Å². The lowest BCUT2D eigenvalue weighted by Crippen LogP contribution is -2.30. The minimum absolute atomic E-state index is 0.0939. The Labute approximate surface area is 173 Å². The second-order valence-electron chi connectivity index (χ2n) is 6.82. The van der Waals surface area contributed by atoms with Crippen molar-refractivity contribution in [2.45, 2.75) is 25.7 Å². The summed E-state index contributed by atoms with van der Waals surface area (Å²) in [4.78, 5) is 23.7. The Balaban J connectivity index is 1.47. The molecule has 1 N–H and O–H groups in total. The molecule has 1 aliphatic heterocycles. The lowest BCUT2D eigenvalue weighted by Gasteiger charge is -2.30. The number of amides is 1. The Kier molecular flexibility index (Phi) is 5.88. The third-order valence-electron chi connectivity index (χ3n) is 4.73. The molecule has 4 rings (SSSR count). The molecule has 1 fully saturated rings. The van der Waals surface area contributed by atoms with E-state index >= 15 is 0 Å². The number of carbonyl (C=O) groups is 1. The monoisotopic (exact) mass is 412 g/mol. The number of carbonyl (C=O) groups excluding carboxylic acids is 1. The van der Waals surface area contributed by atoms with Gasteiger partial charge in [0.05, 0.1) is 23.5 Å². The molecule has 0 unspecified atom stereocenters. The van der Waals surface area contributed by atoms with Crippen LogP contribution in [0, 0.1) is 0 Å². The first-order valence-electron chi connectivity index (χ1n) is 9.38. The topological polar surface area (TPSA) is 58.1 Å². The molecule has 28 heavy (non-hydrogen) atoms. The van der Waals surface area contributed by atoms with Crippen LogP contribution in [0.4, 0.5) is 11.4 Å². The lowest BCUT2D eigenvalue weighted by atomic mass is 10.1. The molecule has 2 aromatic heterocycles. The minimum Gasteiger partial charge on any atom is -0.370 e. The Morgan fingerprint density at radius 2 is 2.07 bits per heavy atom. The third kappa shape index (κ3) is 4.51. The molecule has 0 aliphatic carbocycles. The van der Waals surface area contributed by atoms with E-state index in [1.165, 1.54) is 30.6 Å². The number of hydrogen-bond donors (Lipinski definition) is 1. The van der Waals surface area contributed by atoms with Crippen molar-refractivity contribution in [1.82, 2.24) is 9.97 Å². The number of thiazole rings is 1. The normalized spacial score (nSPS) is 14.1. The molecule has 0 bridgehead atoms. The highest BCUT2D eigenvalue weighted by Gasteiger charge is 2.17. The highest BCUT2D eigenvalue weighted by atomic mass is 35.5. The summed E-state index contributed by atoms with van der Waals surface area (Å²) >= 11 is 7.70. The molecular formula is C21H21ClN4OS. The van der Waals surface area contributed by atoms with E-state index in [1.807, 2.05) is 35.7 Å². The van der Waals surface area contributed by atoms with E-state index in [-0.39, 0.29) is 12.3 Å². The van der Waals surface area contributed by atoms with Gasteiger partial charge >= 0.3 is 0 Å². The second kappa shape index (κ2) is 8.71. The van der Waals surface area contributed by atoms with Crippen molar-refractivity contribution in [2.75, 3.05) is 23.3 Å². The summed E-state index contributed by atoms with van der Waals surface area (Å²) in [7, 11) is 0. The summed E-state index contributed by atoms with van der Waals surface area (Å²) in [5.41, 5.74) is 3.51. The number of piperidine rings is 1. The van der Waals surface area contributed by atoms with Gasteiger partial charge in [-0.05, 0) is 49.6 Å². The van der Waals surface area contributed by atoms with Crippen molar-refractivity contribution in [3.05, 3.63) is 58.8 Å². The summed E-state index contributed by atoms with van der Waals surface area (Å²) in [6, 6.07) is 9.54. The third-order valence-corrected chi connectivity index (χ3v) is 5.91. The van der Waals surface area contributed by atoms with Gasteiger partial charge in [-0.3, -0.25) is 9.78 Å². The molecule has 0 atom stereocenters. The van der Waals surface area contributed by atoms with Gasteiger partial charge in [-0.25, -0.2) is 4.98 Å². The van der Waals surface area contributed by atoms with Crippen molar-refractivity contribution >= 4 is 40.2 Å². The van der Waals surface area contributed by atoms with Gasteiger partial charge in [0.2, 0.25) is 5.91 Å². The summed E-state index contributed by atoms with van der Waals surface area (Å²) in [5.74, 6) is -0.0939. The van der Waals surface area contributed by atoms with Gasteiger partial charge in [-0.2, -0.15) is 0 Å². The predicted octanol–water partition coefficient (Wildman–Crippen LogP) is 5.03. The Bertz CT molecular complexity index is 954. The van der Waals surface area contributed by atoms with Crippen LogP contribution in [0.3, 0.4) is 0 Å². The first-order chi connectivity index (χ1) is 13.7. The van der Waals surface area contributed by atoms with Gasteiger partial charge in [0.1, 0.15) is 5.01 Å². The lowest BCUT2D eigenvalue weighted by molar-refractivity contribution is -0.115. The summed E-state index contributed by atoms with van der Waals surface area (Å²) in [6.45, 7) is 2.01. The molecule has 0 saturated carbocycles. The van der Waals surface area contributed by atoms with Crippen LogP contribution in [-0.2, 0) is 11.2 Å². The number of hydrogen-bond acceptors (Lipinski definition) is 5. The highest BCUT2D eigenvalue weighted by molar-refractivity contribution is 7.13. The first-order valence-corrected chi connectivity index (χ1v) is 10.6. The fraction of sp³-hybridized carbons (Fsp3) is 0.286. The number of nitrogens with one attached hydrogen (secondary N) is 1. The summed E-state index contributed by atoms with van der Waals surface area (Å²) in [5, 5.41) is 6.44. The largest absolute Gasteiger partial charge is 0.370 e. The minimum atomic E-state index is -0.0939. The van der Waals surface area contributed by atoms with Crippen molar-refractivity contribution in [2.24, 2.45) is 0 Å². The zero-order valence-electron chi connectivity index (χ0n) is 15.4. The maximum Gasteiger partial charge on any atom is 0.230 e. The van der Waals surface area contributed by atoms with E-state index < -0.39 is 0 Å². The smallest absolute Gasteiger partial charge is 0.230 e. The fourth-order valence-corrected chi connectivity index (χ4v) is 4.37. The van der Waals surface area contributed by atoms with Crippen LogP contribution in [0.15, 0.2) is 48.1 Å². The van der Waals surface area contributed by atoms with Crippen LogP contribution in [0.25, 0.3) is 10.6 Å². The predicted molar refractivity (Wildman–Crippen MR) is 115 cm³/mol. The average Bonchev–Trinajstić information content (AvgIpc) is 3.18. The molecule has 1 aliphatic rings. The maximum atomic E-state index is 12.7. The van der Waals surface area contributed by atoms with E-state index in [0.717, 1.165) is 40.7 Å². The molecule has 144 valence electrons. The fourth-order valence-electron chi connectivity index (χ4n) is 3.39. The molecule has 1 amide bonds. The van der Waals surface area contributed by atoms with Crippen molar-refractivity contribution in [1.29, 1.82) is 0 Å². The quantitative estimate of drug-likeness (QED) is 0.638. The average molecular weight is 413 g/mol. The van der Waals surface area contributed by atoms with E-state index in [1.54, 1.807) is 12.4 Å². The Morgan fingerprint density at radius 1 is 1.21 bits per heavy atom. The molecule has 3 heterocycles. The van der Waals surface area contributed by atoms with Gasteiger partial charge in [0.25, 0.3) is 0 Å². The molecule has 0 spiro atoms. The van der Waals surface area contributed by atoms with Crippen LogP contribution in [-0.4, -0.2) is 29.0 Å². The van der Waals surface area contributed by atoms with Gasteiger partial charge < -0.3 is 10.2 Å². The number of rotatable bonds is 5. The number of pyridine rings is 1. The Morgan fingerprint density at radius 3 is 2.86 bits per heavy atom. The van der Waals surface area contributed by atoms with Crippen molar-refractivity contribution in [3.8, 4) is 10.6 Å². The van der Waals surface area contributed by atoms with Crippen LogP contribution in [0.5, 0.6) is 0 Å². The molecule has 0 radical (unpaired) electrons. The number of nitrogens with zero attached hydrogens (tertiary/aromatic N) is 3. The number of aromatic nitrogens is 2. The van der Waals surface area contributed by atoms with E-state index in [9.17, 15) is 4.79 Å². The highest BCUT2D eigenvalue weighted by Crippen LogP contribution is 2.31. The number of benzene rings is 1. The Hall–Kier alpha value is -2.44. The van der Waals surface area contributed by atoms with Gasteiger partial charge in [-0.1, -0.05) is 11.6 Å². The summed E-state index contributed by atoms with van der Waals surface area (Å²) < 4.78 is 0. The van der Waals surface area contributed by atoms with Gasteiger partial charge in [-0.15, -0.1) is 11.3 Å². The molecule has 7 heteroatoms. The summed E-state index contributed by atoms with van der Waals surface area (Å²) in [6.07, 6.45) is 7.34. The van der Waals surface area contributed by atoms with Gasteiger partial charge in [0.15, 0.2) is 0 Å². The van der Waals surface area contributed by atoms with Crippen LogP contribution in [0.1, 0.15) is 25.0 Å². The van der Waals surface area contributed by atoms with E-state index in [0.29, 0.717) is 5.02 Å². The molecule has 3 aromatic rings. The zero-order valence-corrected chi connectivity index (χ0v) is 17.0. The zero-order chi connectivity index (χ0) is 19.3. The van der Waals surface area contributed by atoms with Crippen LogP contribution < -0.4 is 10.2 Å². The number of halogens is 1. The standard InChI is InChI=1S/C21H21ClN4OS/c22-16-6-7-19(26-9-2-1-3-10-26)18(11-16)25-20(27)12-17-14-28-21(24-17)15-5-4-8-23-13-15/h4-8,11,13-14H,1-3,9-10,12H2,(H,25,27). The molecule has 1 aromatic carbocycles. The maximum absolute atomic E-state index is 12.7. The van der Waals surface area contributed by atoms with Gasteiger partial charge in [0, 0.05) is 41.4 Å². The van der Waals surface area contributed by atoms with Crippen molar-refractivity contribution in [3.63, 3.8) is 0 Å². The molecule has 1 saturated heterocycles. The molecular weight excluding hydrogens is 392 g/mol. The number of anilines is 2. The van der Waals surface area contributed by atoms with Crippen molar-refractivity contribution < 1.29 is 4.79 Å². The van der Waals surface area contributed by atoms with Crippen LogP contribution >= 0.6 is 22.9 Å². The molecule has 5 nitrogen and oxygen atoms in total. The SMILES string of the molecule is O=C(Cc1csc(-c2cccnc2)n1)Nc1cc(Cl)ccc1N1CCCCC1.